The minimum atomic E-state index is -1.33. The van der Waals surface area contributed by atoms with Gasteiger partial charge < -0.3 is 30.2 Å². The summed E-state index contributed by atoms with van der Waals surface area (Å²) in [7, 11) is 0. The van der Waals surface area contributed by atoms with Crippen LogP contribution in [0.1, 0.15) is 6.23 Å². The van der Waals surface area contributed by atoms with Gasteiger partial charge in [-0.2, -0.15) is 0 Å². The Morgan fingerprint density at radius 2 is 2.09 bits per heavy atom. The van der Waals surface area contributed by atoms with Crippen molar-refractivity contribution in [2.24, 2.45) is 0 Å². The summed E-state index contributed by atoms with van der Waals surface area (Å²) >= 11 is 0. The fourth-order valence-corrected chi connectivity index (χ4v) is 3.63. The number of amides is 1. The molecule has 4 atom stereocenters. The van der Waals surface area contributed by atoms with Crippen LogP contribution in [0.4, 0.5) is 16.5 Å². The van der Waals surface area contributed by atoms with E-state index < -0.39 is 30.6 Å². The van der Waals surface area contributed by atoms with Crippen LogP contribution in [0.5, 0.6) is 0 Å². The molecule has 176 valence electrons. The SMILES string of the molecule is Nc1ncnc2c1ncn2[C@@H]1O[C@H](COC(=O)Nc2c[n+](N3CCOCC3)no2)[C@@H](O)[C@H]1O. The average Bonchev–Trinajstić information content (AvgIpc) is 3.53. The third-order valence-corrected chi connectivity index (χ3v) is 5.34. The molecule has 5 heterocycles. The van der Waals surface area contributed by atoms with E-state index >= 15 is 0 Å². The Kier molecular flexibility index (Phi) is 5.63. The van der Waals surface area contributed by atoms with Gasteiger partial charge in [-0.15, -0.1) is 5.01 Å². The van der Waals surface area contributed by atoms with Gasteiger partial charge in [0.1, 0.15) is 36.8 Å². The second-order valence-corrected chi connectivity index (χ2v) is 7.41. The lowest BCUT2D eigenvalue weighted by Gasteiger charge is -2.18. The van der Waals surface area contributed by atoms with Crippen molar-refractivity contribution in [1.82, 2.24) is 24.8 Å². The number of nitrogens with zero attached hydrogens (tertiary/aromatic N) is 7. The Balaban J connectivity index is 1.18. The van der Waals surface area contributed by atoms with E-state index in [-0.39, 0.29) is 18.3 Å². The summed E-state index contributed by atoms with van der Waals surface area (Å²) in [5, 5.41) is 29.0. The van der Waals surface area contributed by atoms with Crippen molar-refractivity contribution in [3.8, 4) is 0 Å². The summed E-state index contributed by atoms with van der Waals surface area (Å²) in [4.78, 5) is 25.7. The van der Waals surface area contributed by atoms with Crippen LogP contribution in [0.2, 0.25) is 0 Å². The lowest BCUT2D eigenvalue weighted by atomic mass is 10.1. The molecule has 2 aliphatic heterocycles. The molecular weight excluding hydrogens is 442 g/mol. The van der Waals surface area contributed by atoms with Gasteiger partial charge in [-0.3, -0.25) is 14.4 Å². The molecule has 2 fully saturated rings. The van der Waals surface area contributed by atoms with E-state index in [1.54, 1.807) is 0 Å². The van der Waals surface area contributed by atoms with Crippen molar-refractivity contribution in [2.45, 2.75) is 24.5 Å². The summed E-state index contributed by atoms with van der Waals surface area (Å²) in [5.41, 5.74) is 6.45. The second kappa shape index (κ2) is 8.74. The van der Waals surface area contributed by atoms with Crippen molar-refractivity contribution in [3.05, 3.63) is 18.9 Å². The summed E-state index contributed by atoms with van der Waals surface area (Å²) in [6.07, 6.45) is -1.39. The zero-order valence-corrected chi connectivity index (χ0v) is 17.2. The van der Waals surface area contributed by atoms with E-state index in [2.05, 4.69) is 25.5 Å². The number of rotatable bonds is 5. The van der Waals surface area contributed by atoms with Crippen molar-refractivity contribution in [2.75, 3.05) is 49.0 Å². The number of carbonyl (C=O) groups excluding carboxylic acids is 1. The molecule has 5 rings (SSSR count). The molecule has 16 nitrogen and oxygen atoms in total. The van der Waals surface area contributed by atoms with Gasteiger partial charge in [0.2, 0.25) is 5.27 Å². The minimum absolute atomic E-state index is 0.0689. The molecule has 0 saturated carbocycles. The number of aliphatic hydroxyl groups excluding tert-OH is 2. The Labute approximate surface area is 185 Å². The van der Waals surface area contributed by atoms with E-state index in [1.807, 2.05) is 5.01 Å². The normalized spacial score (nSPS) is 25.5. The number of imidazole rings is 1. The first kappa shape index (κ1) is 21.3. The van der Waals surface area contributed by atoms with E-state index in [4.69, 9.17) is 24.5 Å². The van der Waals surface area contributed by atoms with Crippen LogP contribution in [-0.4, -0.2) is 92.3 Å². The number of nitrogens with two attached hydrogens (primary N) is 1. The summed E-state index contributed by atoms with van der Waals surface area (Å²) in [6, 6.07) is 0. The number of hydrogen-bond donors (Lipinski definition) is 4. The molecule has 0 bridgehead atoms. The van der Waals surface area contributed by atoms with E-state index in [0.29, 0.717) is 37.5 Å². The van der Waals surface area contributed by atoms with Crippen LogP contribution >= 0.6 is 0 Å². The van der Waals surface area contributed by atoms with Gasteiger partial charge in [-0.25, -0.2) is 19.7 Å². The molecule has 3 aromatic rings. The van der Waals surface area contributed by atoms with Crippen molar-refractivity contribution >= 4 is 29.0 Å². The lowest BCUT2D eigenvalue weighted by molar-refractivity contribution is -0.759. The van der Waals surface area contributed by atoms with Gasteiger partial charge >= 0.3 is 12.0 Å². The number of anilines is 2. The fraction of sp³-hybridized carbons (Fsp3) is 0.529. The Morgan fingerprint density at radius 3 is 2.91 bits per heavy atom. The average molecular weight is 464 g/mol. The smallest absolute Gasteiger partial charge is 0.414 e. The quantitative estimate of drug-likeness (QED) is 0.290. The monoisotopic (exact) mass is 464 g/mol. The van der Waals surface area contributed by atoms with Gasteiger partial charge in [0.05, 0.1) is 37.4 Å². The Morgan fingerprint density at radius 1 is 1.27 bits per heavy atom. The van der Waals surface area contributed by atoms with Crippen LogP contribution in [0, 0.1) is 0 Å². The largest absolute Gasteiger partial charge is 0.446 e. The third kappa shape index (κ3) is 4.11. The molecule has 1 amide bonds. The van der Waals surface area contributed by atoms with Gasteiger partial charge in [-0.05, 0) is 0 Å². The lowest BCUT2D eigenvalue weighted by Crippen LogP contribution is -2.62. The molecule has 0 radical (unpaired) electrons. The van der Waals surface area contributed by atoms with E-state index in [0.717, 1.165) is 0 Å². The van der Waals surface area contributed by atoms with Crippen LogP contribution in [-0.2, 0) is 14.2 Å². The maximum Gasteiger partial charge on any atom is 0.414 e. The molecule has 2 aliphatic rings. The van der Waals surface area contributed by atoms with Crippen molar-refractivity contribution in [1.29, 1.82) is 0 Å². The van der Waals surface area contributed by atoms with Gasteiger partial charge in [0, 0.05) is 0 Å². The minimum Gasteiger partial charge on any atom is -0.446 e. The first-order chi connectivity index (χ1) is 16.0. The van der Waals surface area contributed by atoms with Gasteiger partial charge in [0.15, 0.2) is 17.7 Å². The standard InChI is InChI=1S/C17H21N9O7/c18-14-11-15(20-7-19-14)25(8-21-11)16-13(28)12(27)9(32-16)6-31-17(29)22-10-5-26(23-33-10)24-1-3-30-4-2-24/h5,7-9,12-13,16,27-28H,1-4,6H2,(H2-,18,19,20,22,23,29)/p+1/t9-,12-,13-,16-/m1/s1. The zero-order chi connectivity index (χ0) is 22.9. The molecule has 16 heteroatoms. The maximum atomic E-state index is 12.2. The molecule has 0 unspecified atom stereocenters. The number of ether oxygens (including phenoxy) is 3. The van der Waals surface area contributed by atoms with Crippen molar-refractivity contribution in [3.63, 3.8) is 0 Å². The first-order valence-corrected chi connectivity index (χ1v) is 10.1. The van der Waals surface area contributed by atoms with Crippen molar-refractivity contribution < 1.29 is 38.5 Å². The summed E-state index contributed by atoms with van der Waals surface area (Å²) in [6.45, 7) is 2.06. The molecule has 0 aliphatic carbocycles. The highest BCUT2D eigenvalue weighted by Crippen LogP contribution is 2.32. The highest BCUT2D eigenvalue weighted by molar-refractivity contribution is 5.82. The number of nitrogen functional groups attached to an aromatic ring is 1. The number of aliphatic hydroxyl groups is 2. The molecular formula is C17H22N9O7+. The van der Waals surface area contributed by atoms with Gasteiger partial charge in [-0.1, -0.05) is 0 Å². The third-order valence-electron chi connectivity index (χ3n) is 5.34. The van der Waals surface area contributed by atoms with Crippen LogP contribution in [0.3, 0.4) is 0 Å². The number of carbonyl (C=O) groups is 1. The highest BCUT2D eigenvalue weighted by Gasteiger charge is 2.45. The molecule has 33 heavy (non-hydrogen) atoms. The molecule has 0 spiro atoms. The predicted molar refractivity (Wildman–Crippen MR) is 106 cm³/mol. The van der Waals surface area contributed by atoms with Crippen LogP contribution in [0.15, 0.2) is 23.4 Å². The fourth-order valence-electron chi connectivity index (χ4n) is 3.63. The number of morpholine rings is 1. The number of fused-ring (bicyclic) bond motifs is 1. The summed E-state index contributed by atoms with van der Waals surface area (Å²) < 4.78 is 22.6. The van der Waals surface area contributed by atoms with E-state index in [1.165, 1.54) is 28.2 Å². The molecule has 0 aromatic carbocycles. The number of nitrogens with one attached hydrogen (secondary N) is 1. The Hall–Kier alpha value is -3.60. The number of aromatic nitrogens is 6. The topological polar surface area (TPSA) is 200 Å². The Bertz CT molecular complexity index is 1130. The predicted octanol–water partition coefficient (Wildman–Crippen LogP) is -2.48. The second-order valence-electron chi connectivity index (χ2n) is 7.41. The van der Waals surface area contributed by atoms with Crippen LogP contribution in [0.25, 0.3) is 11.2 Å². The maximum absolute atomic E-state index is 12.2. The zero-order valence-electron chi connectivity index (χ0n) is 17.2. The van der Waals surface area contributed by atoms with E-state index in [9.17, 15) is 15.0 Å². The molecule has 2 saturated heterocycles. The molecule has 3 aromatic heterocycles. The molecule has 5 N–H and O–H groups in total. The first-order valence-electron chi connectivity index (χ1n) is 10.1. The number of hydrogen-bond acceptors (Lipinski definition) is 13. The van der Waals surface area contributed by atoms with Gasteiger partial charge in [0.25, 0.3) is 6.20 Å². The van der Waals surface area contributed by atoms with Crippen LogP contribution < -0.4 is 20.9 Å². The summed E-state index contributed by atoms with van der Waals surface area (Å²) in [5.74, 6) is 0.241. The highest BCUT2D eigenvalue weighted by atomic mass is 16.6.